The minimum absolute atomic E-state index is 0.168. The average molecular weight is 508 g/mol. The number of hydrogen-bond donors (Lipinski definition) is 0. The Bertz CT molecular complexity index is 2400. The lowest BCUT2D eigenvalue weighted by molar-refractivity contribution is 0.646. The van der Waals surface area contributed by atoms with Crippen molar-refractivity contribution in [3.63, 3.8) is 0 Å². The minimum Gasteiger partial charge on any atom is -0.456 e. The van der Waals surface area contributed by atoms with Crippen molar-refractivity contribution in [3.8, 4) is 5.69 Å². The number of rotatable bonds is 1. The van der Waals surface area contributed by atoms with Gasteiger partial charge in [-0.15, -0.1) is 0 Å². The minimum atomic E-state index is -0.184. The number of hydrogen-bond acceptors (Lipinski definition) is 4. The predicted octanol–water partition coefficient (Wildman–Crippen LogP) is 7.92. The molecule has 5 nitrogen and oxygen atoms in total. The molecule has 0 aliphatic rings. The van der Waals surface area contributed by atoms with Crippen LogP contribution in [0.5, 0.6) is 0 Å². The highest BCUT2D eigenvalue weighted by Crippen LogP contribution is 2.36. The molecule has 8 rings (SSSR count). The number of aryl methyl sites for hydroxylation is 2. The molecule has 0 unspecified atom stereocenters. The molecule has 3 heterocycles. The summed E-state index contributed by atoms with van der Waals surface area (Å²) in [4.78, 5) is 27.1. The molecule has 0 atom stereocenters. The first-order valence-electron chi connectivity index (χ1n) is 12.9. The van der Waals surface area contributed by atoms with Gasteiger partial charge in [-0.2, -0.15) is 0 Å². The van der Waals surface area contributed by atoms with E-state index in [1.165, 1.54) is 10.8 Å². The zero-order valence-corrected chi connectivity index (χ0v) is 21.2. The van der Waals surface area contributed by atoms with E-state index in [0.29, 0.717) is 43.9 Å². The van der Waals surface area contributed by atoms with Crippen molar-refractivity contribution in [1.82, 2.24) is 4.57 Å². The van der Waals surface area contributed by atoms with E-state index in [2.05, 4.69) is 54.8 Å². The summed E-state index contributed by atoms with van der Waals surface area (Å²) in [5, 5.41) is 3.99. The van der Waals surface area contributed by atoms with Crippen LogP contribution in [0.4, 0.5) is 0 Å². The highest BCUT2D eigenvalue weighted by atomic mass is 16.3. The summed E-state index contributed by atoms with van der Waals surface area (Å²) in [6.45, 7) is 4.21. The molecule has 0 bridgehead atoms. The van der Waals surface area contributed by atoms with Gasteiger partial charge in [-0.05, 0) is 61.4 Å². The third-order valence-corrected chi connectivity index (χ3v) is 7.82. The summed E-state index contributed by atoms with van der Waals surface area (Å²) in [7, 11) is 0. The van der Waals surface area contributed by atoms with Gasteiger partial charge in [0.1, 0.15) is 22.3 Å². The van der Waals surface area contributed by atoms with E-state index in [4.69, 9.17) is 8.83 Å². The molecule has 0 N–H and O–H groups in total. The maximum atomic E-state index is 13.9. The maximum absolute atomic E-state index is 13.9. The first kappa shape index (κ1) is 21.9. The molecule has 0 aliphatic carbocycles. The lowest BCUT2D eigenvalue weighted by Gasteiger charge is -2.12. The number of aromatic nitrogens is 1. The molecule has 5 heteroatoms. The predicted molar refractivity (Wildman–Crippen MR) is 157 cm³/mol. The van der Waals surface area contributed by atoms with Gasteiger partial charge in [0.15, 0.2) is 0 Å². The first-order valence-corrected chi connectivity index (χ1v) is 12.9. The van der Waals surface area contributed by atoms with E-state index in [0.717, 1.165) is 27.8 Å². The van der Waals surface area contributed by atoms with Crippen LogP contribution in [-0.4, -0.2) is 4.57 Å². The van der Waals surface area contributed by atoms with Crippen LogP contribution in [0.15, 0.2) is 109 Å². The molecular weight excluding hydrogens is 486 g/mol. The molecule has 0 fully saturated rings. The van der Waals surface area contributed by atoms with Crippen LogP contribution < -0.4 is 10.9 Å². The van der Waals surface area contributed by atoms with E-state index in [-0.39, 0.29) is 10.9 Å². The van der Waals surface area contributed by atoms with Crippen molar-refractivity contribution in [2.24, 2.45) is 0 Å². The second-order valence-corrected chi connectivity index (χ2v) is 10.2. The van der Waals surface area contributed by atoms with E-state index in [9.17, 15) is 9.59 Å². The Labute approximate surface area is 221 Å². The average Bonchev–Trinajstić information content (AvgIpc) is 3.30. The topological polar surface area (TPSA) is 65.3 Å². The number of nitrogens with zero attached hydrogens (tertiary/aromatic N) is 1. The van der Waals surface area contributed by atoms with Crippen LogP contribution in [0.25, 0.3) is 71.4 Å². The van der Waals surface area contributed by atoms with Crippen LogP contribution in [0.1, 0.15) is 11.1 Å². The molecule has 0 saturated carbocycles. The summed E-state index contributed by atoms with van der Waals surface area (Å²) in [6, 6.07) is 28.8. The standard InChI is InChI=1S/C34H21NO4/c1-18-7-5-10-21-22-11-6-8-19(2)32(22)35(31(18)21)20-13-14-28-24(15-20)34(37)26-16-25-29(17-30(26)39-28)38-27-12-4-3-9-23(27)33(25)36/h3-17H,1-2H3. The van der Waals surface area contributed by atoms with Gasteiger partial charge < -0.3 is 13.4 Å². The number of para-hydroxylation sites is 3. The third-order valence-electron chi connectivity index (χ3n) is 7.82. The quantitative estimate of drug-likeness (QED) is 0.212. The molecule has 8 aromatic rings. The molecule has 0 radical (unpaired) electrons. The summed E-state index contributed by atoms with van der Waals surface area (Å²) in [6.07, 6.45) is 0. The molecule has 0 aliphatic heterocycles. The van der Waals surface area contributed by atoms with Crippen LogP contribution >= 0.6 is 0 Å². The van der Waals surface area contributed by atoms with Crippen LogP contribution in [-0.2, 0) is 0 Å². The van der Waals surface area contributed by atoms with Crippen LogP contribution in [0.3, 0.4) is 0 Å². The van der Waals surface area contributed by atoms with E-state index in [1.54, 1.807) is 30.3 Å². The van der Waals surface area contributed by atoms with E-state index >= 15 is 0 Å². The van der Waals surface area contributed by atoms with Gasteiger partial charge in [0.2, 0.25) is 10.9 Å². The Morgan fingerprint density at radius 3 is 1.69 bits per heavy atom. The van der Waals surface area contributed by atoms with Crippen molar-refractivity contribution in [2.45, 2.75) is 13.8 Å². The van der Waals surface area contributed by atoms with Crippen molar-refractivity contribution < 1.29 is 8.83 Å². The lowest BCUT2D eigenvalue weighted by atomic mass is 10.1. The largest absolute Gasteiger partial charge is 0.456 e. The SMILES string of the molecule is Cc1cccc2c3cccc(C)c3n(-c3ccc4oc5cc6oc7ccccc7c(=O)c6cc5c(=O)c4c3)c12. The van der Waals surface area contributed by atoms with Gasteiger partial charge >= 0.3 is 0 Å². The highest BCUT2D eigenvalue weighted by molar-refractivity contribution is 6.11. The Balaban J connectivity index is 1.46. The molecule has 0 amide bonds. The fourth-order valence-electron chi connectivity index (χ4n) is 5.99. The summed E-state index contributed by atoms with van der Waals surface area (Å²) in [5.74, 6) is 0. The van der Waals surface area contributed by atoms with Gasteiger partial charge in [0.05, 0.1) is 32.6 Å². The smallest absolute Gasteiger partial charge is 0.200 e. The second kappa shape index (κ2) is 7.68. The van der Waals surface area contributed by atoms with Gasteiger partial charge in [0.25, 0.3) is 0 Å². The summed E-state index contributed by atoms with van der Waals surface area (Å²) < 4.78 is 14.4. The number of benzene rings is 5. The van der Waals surface area contributed by atoms with Gasteiger partial charge in [0, 0.05) is 22.5 Å². The normalized spacial score (nSPS) is 12.1. The summed E-state index contributed by atoms with van der Waals surface area (Å²) >= 11 is 0. The summed E-state index contributed by atoms with van der Waals surface area (Å²) in [5.41, 5.74) is 6.81. The van der Waals surface area contributed by atoms with Gasteiger partial charge in [-0.1, -0.05) is 48.5 Å². The van der Waals surface area contributed by atoms with E-state index in [1.807, 2.05) is 24.3 Å². The maximum Gasteiger partial charge on any atom is 0.200 e. The Morgan fingerprint density at radius 2 is 1.03 bits per heavy atom. The van der Waals surface area contributed by atoms with Crippen LogP contribution in [0, 0.1) is 13.8 Å². The molecular formula is C34H21NO4. The van der Waals surface area contributed by atoms with Crippen molar-refractivity contribution in [2.75, 3.05) is 0 Å². The lowest BCUT2D eigenvalue weighted by Crippen LogP contribution is -2.07. The first-order chi connectivity index (χ1) is 19.0. The monoisotopic (exact) mass is 507 g/mol. The van der Waals surface area contributed by atoms with Crippen LogP contribution in [0.2, 0.25) is 0 Å². The van der Waals surface area contributed by atoms with Gasteiger partial charge in [-0.25, -0.2) is 0 Å². The number of fused-ring (bicyclic) bond motifs is 7. The highest BCUT2D eigenvalue weighted by Gasteiger charge is 2.18. The molecule has 186 valence electrons. The second-order valence-electron chi connectivity index (χ2n) is 10.2. The fourth-order valence-corrected chi connectivity index (χ4v) is 5.99. The van der Waals surface area contributed by atoms with E-state index < -0.39 is 0 Å². The molecule has 3 aromatic heterocycles. The Kier molecular flexibility index (Phi) is 4.31. The van der Waals surface area contributed by atoms with Gasteiger partial charge in [-0.3, -0.25) is 9.59 Å². The molecule has 39 heavy (non-hydrogen) atoms. The molecule has 5 aromatic carbocycles. The molecule has 0 spiro atoms. The zero-order chi connectivity index (χ0) is 26.4. The zero-order valence-electron chi connectivity index (χ0n) is 21.2. The molecule has 0 saturated heterocycles. The van der Waals surface area contributed by atoms with Crippen molar-refractivity contribution in [3.05, 3.63) is 123 Å². The third kappa shape index (κ3) is 2.95. The fraction of sp³-hybridized carbons (Fsp3) is 0.0588. The Hall–Kier alpha value is -5.16. The van der Waals surface area contributed by atoms with Crippen molar-refractivity contribution in [1.29, 1.82) is 0 Å². The van der Waals surface area contributed by atoms with Crippen molar-refractivity contribution >= 4 is 65.7 Å². The Morgan fingerprint density at radius 1 is 0.487 bits per heavy atom.